The molecule has 1 saturated carbocycles. The summed E-state index contributed by atoms with van der Waals surface area (Å²) in [6.07, 6.45) is 5.29. The second-order valence-corrected chi connectivity index (χ2v) is 7.52. The number of hydrogen-bond acceptors (Lipinski definition) is 2. The lowest BCUT2D eigenvalue weighted by atomic mass is 10.0. The number of benzene rings is 1. The van der Waals surface area contributed by atoms with Crippen LogP contribution in [0.5, 0.6) is 0 Å². The van der Waals surface area contributed by atoms with Crippen LogP contribution in [0.15, 0.2) is 29.3 Å². The summed E-state index contributed by atoms with van der Waals surface area (Å²) in [6.45, 7) is 8.69. The summed E-state index contributed by atoms with van der Waals surface area (Å²) in [6, 6.07) is 9.74. The quantitative estimate of drug-likeness (QED) is 0.681. The number of nitrogens with one attached hydrogen (secondary N) is 1. The molecule has 1 atom stereocenters. The summed E-state index contributed by atoms with van der Waals surface area (Å²) in [5.41, 5.74) is 2.95. The summed E-state index contributed by atoms with van der Waals surface area (Å²) < 4.78 is 0. The summed E-state index contributed by atoms with van der Waals surface area (Å²) in [7, 11) is 0. The van der Waals surface area contributed by atoms with Gasteiger partial charge in [-0.3, -0.25) is 4.99 Å². The lowest BCUT2D eigenvalue weighted by Gasteiger charge is -2.32. The smallest absolute Gasteiger partial charge is 0.194 e. The number of nitrogens with zero attached hydrogens (tertiary/aromatic N) is 3. The van der Waals surface area contributed by atoms with E-state index < -0.39 is 0 Å². The topological polar surface area (TPSA) is 30.9 Å². The van der Waals surface area contributed by atoms with Gasteiger partial charge in [0.25, 0.3) is 0 Å². The average molecular weight is 326 g/mol. The molecule has 0 amide bonds. The minimum atomic E-state index is 0.747. The van der Waals surface area contributed by atoms with Gasteiger partial charge in [-0.25, -0.2) is 0 Å². The van der Waals surface area contributed by atoms with E-state index in [0.717, 1.165) is 50.5 Å². The maximum atomic E-state index is 5.01. The van der Waals surface area contributed by atoms with Crippen molar-refractivity contribution in [2.45, 2.75) is 45.2 Å². The number of likely N-dealkylation sites (tertiary alicyclic amines) is 1. The zero-order valence-corrected chi connectivity index (χ0v) is 14.9. The van der Waals surface area contributed by atoms with E-state index in [2.05, 4.69) is 46.3 Å². The maximum absolute atomic E-state index is 5.01. The van der Waals surface area contributed by atoms with Gasteiger partial charge in [0.05, 0.1) is 0 Å². The molecule has 1 N–H and O–H groups in total. The maximum Gasteiger partial charge on any atom is 0.194 e. The van der Waals surface area contributed by atoms with Crippen molar-refractivity contribution in [2.24, 2.45) is 10.9 Å². The molecule has 2 heterocycles. The van der Waals surface area contributed by atoms with Gasteiger partial charge in [-0.2, -0.15) is 0 Å². The van der Waals surface area contributed by atoms with Gasteiger partial charge < -0.3 is 15.1 Å². The first-order chi connectivity index (χ1) is 11.8. The van der Waals surface area contributed by atoms with Gasteiger partial charge in [-0.1, -0.05) is 24.3 Å². The molecule has 1 aliphatic carbocycles. The number of fused-ring (bicyclic) bond motifs is 1. The fourth-order valence-corrected chi connectivity index (χ4v) is 4.10. The molecule has 0 bridgehead atoms. The van der Waals surface area contributed by atoms with Gasteiger partial charge in [0.15, 0.2) is 5.96 Å². The highest BCUT2D eigenvalue weighted by Gasteiger charge is 2.34. The van der Waals surface area contributed by atoms with E-state index in [0.29, 0.717) is 0 Å². The normalized spacial score (nSPS) is 25.0. The first kappa shape index (κ1) is 15.9. The third-order valence-corrected chi connectivity index (χ3v) is 5.64. The predicted octanol–water partition coefficient (Wildman–Crippen LogP) is 2.49. The highest BCUT2D eigenvalue weighted by Crippen LogP contribution is 2.31. The minimum Gasteiger partial charge on any atom is -0.357 e. The molecule has 0 spiro atoms. The van der Waals surface area contributed by atoms with Crippen LogP contribution in [-0.2, 0) is 13.0 Å². The lowest BCUT2D eigenvalue weighted by molar-refractivity contribution is 0.315. The van der Waals surface area contributed by atoms with Gasteiger partial charge >= 0.3 is 0 Å². The van der Waals surface area contributed by atoms with Gasteiger partial charge in [0.2, 0.25) is 0 Å². The fraction of sp³-hybridized carbons (Fsp3) is 0.650. The Morgan fingerprint density at radius 3 is 2.79 bits per heavy atom. The lowest BCUT2D eigenvalue weighted by Crippen LogP contribution is -2.44. The van der Waals surface area contributed by atoms with Crippen LogP contribution in [0.2, 0.25) is 0 Å². The van der Waals surface area contributed by atoms with Crippen molar-refractivity contribution in [3.63, 3.8) is 0 Å². The van der Waals surface area contributed by atoms with Crippen LogP contribution < -0.4 is 5.32 Å². The Morgan fingerprint density at radius 2 is 2.00 bits per heavy atom. The summed E-state index contributed by atoms with van der Waals surface area (Å²) in [5, 5.41) is 3.52. The van der Waals surface area contributed by atoms with E-state index in [4.69, 9.17) is 4.99 Å². The highest BCUT2D eigenvalue weighted by molar-refractivity contribution is 5.80. The molecule has 1 aromatic carbocycles. The Hall–Kier alpha value is -1.55. The van der Waals surface area contributed by atoms with Crippen molar-refractivity contribution in [1.29, 1.82) is 0 Å². The second-order valence-electron chi connectivity index (χ2n) is 7.52. The van der Waals surface area contributed by atoms with Gasteiger partial charge in [-0.05, 0) is 56.2 Å². The molecule has 1 saturated heterocycles. The van der Waals surface area contributed by atoms with Crippen molar-refractivity contribution in [3.8, 4) is 0 Å². The van der Waals surface area contributed by atoms with Crippen molar-refractivity contribution < 1.29 is 0 Å². The van der Waals surface area contributed by atoms with E-state index in [9.17, 15) is 0 Å². The predicted molar refractivity (Wildman–Crippen MR) is 99.2 cm³/mol. The molecule has 4 rings (SSSR count). The van der Waals surface area contributed by atoms with Gasteiger partial charge in [-0.15, -0.1) is 0 Å². The SMILES string of the molecule is CCNC(=NCC1CCN(C2CC2)C1)N1CCc2ccccc2C1. The number of rotatable bonds is 4. The summed E-state index contributed by atoms with van der Waals surface area (Å²) >= 11 is 0. The molecule has 4 heteroatoms. The third-order valence-electron chi connectivity index (χ3n) is 5.64. The molecule has 3 aliphatic rings. The zero-order valence-electron chi connectivity index (χ0n) is 14.9. The molecule has 24 heavy (non-hydrogen) atoms. The highest BCUT2D eigenvalue weighted by atomic mass is 15.3. The Kier molecular flexibility index (Phi) is 4.74. The minimum absolute atomic E-state index is 0.747. The van der Waals surface area contributed by atoms with Crippen molar-refractivity contribution in [2.75, 3.05) is 32.7 Å². The zero-order chi connectivity index (χ0) is 16.4. The first-order valence-corrected chi connectivity index (χ1v) is 9.67. The van der Waals surface area contributed by atoms with Crippen LogP contribution in [0.25, 0.3) is 0 Å². The van der Waals surface area contributed by atoms with E-state index in [1.54, 1.807) is 0 Å². The Labute approximate surface area is 145 Å². The van der Waals surface area contributed by atoms with Gasteiger partial charge in [0, 0.05) is 38.8 Å². The largest absolute Gasteiger partial charge is 0.357 e. The Morgan fingerprint density at radius 1 is 1.17 bits per heavy atom. The fourth-order valence-electron chi connectivity index (χ4n) is 4.10. The Balaban J connectivity index is 1.38. The van der Waals surface area contributed by atoms with E-state index in [-0.39, 0.29) is 0 Å². The summed E-state index contributed by atoms with van der Waals surface area (Å²) in [5.74, 6) is 1.85. The van der Waals surface area contributed by atoms with Crippen molar-refractivity contribution in [3.05, 3.63) is 35.4 Å². The van der Waals surface area contributed by atoms with E-state index >= 15 is 0 Å². The molecule has 0 aromatic heterocycles. The summed E-state index contributed by atoms with van der Waals surface area (Å²) in [4.78, 5) is 10.1. The van der Waals surface area contributed by atoms with Crippen LogP contribution in [0.4, 0.5) is 0 Å². The molecular weight excluding hydrogens is 296 g/mol. The number of aliphatic imine (C=N–C) groups is 1. The van der Waals surface area contributed by atoms with Gasteiger partial charge in [0.1, 0.15) is 0 Å². The van der Waals surface area contributed by atoms with Crippen molar-refractivity contribution >= 4 is 5.96 Å². The third kappa shape index (κ3) is 3.59. The Bertz CT molecular complexity index is 593. The molecule has 130 valence electrons. The van der Waals surface area contributed by atoms with E-state index in [1.807, 2.05) is 0 Å². The molecule has 1 unspecified atom stereocenters. The average Bonchev–Trinajstić information content (AvgIpc) is 3.37. The first-order valence-electron chi connectivity index (χ1n) is 9.67. The molecule has 1 aromatic rings. The molecule has 2 aliphatic heterocycles. The number of guanidine groups is 1. The molecule has 0 radical (unpaired) electrons. The van der Waals surface area contributed by atoms with Crippen LogP contribution in [0, 0.1) is 5.92 Å². The number of hydrogen-bond donors (Lipinski definition) is 1. The van der Waals surface area contributed by atoms with Crippen LogP contribution in [0.3, 0.4) is 0 Å². The van der Waals surface area contributed by atoms with E-state index in [1.165, 1.54) is 43.5 Å². The molecular formula is C20H30N4. The van der Waals surface area contributed by atoms with Crippen LogP contribution in [-0.4, -0.2) is 54.5 Å². The molecule has 2 fully saturated rings. The molecule has 4 nitrogen and oxygen atoms in total. The standard InChI is InChI=1S/C20H30N4/c1-2-21-20(22-13-16-9-11-23(14-16)19-7-8-19)24-12-10-17-5-3-4-6-18(17)15-24/h3-6,16,19H,2,7-15H2,1H3,(H,21,22). The van der Waals surface area contributed by atoms with Crippen LogP contribution >= 0.6 is 0 Å². The monoisotopic (exact) mass is 326 g/mol. The second kappa shape index (κ2) is 7.14. The van der Waals surface area contributed by atoms with Crippen LogP contribution in [0.1, 0.15) is 37.3 Å². The van der Waals surface area contributed by atoms with Crippen molar-refractivity contribution in [1.82, 2.24) is 15.1 Å².